The Morgan fingerprint density at radius 2 is 0.435 bits per heavy atom. The molecule has 6 aromatic carbocycles. The third-order valence-corrected chi connectivity index (χ3v) is 25.5. The van der Waals surface area contributed by atoms with Crippen LogP contribution in [-0.4, -0.2) is 98.5 Å². The Bertz CT molecular complexity index is 5230. The molecule has 147 heavy (non-hydrogen) atoms. The molecule has 0 aliphatic rings. The summed E-state index contributed by atoms with van der Waals surface area (Å²) in [5.74, 6) is -1.71. The zero-order valence-electron chi connectivity index (χ0n) is 95.3. The minimum Gasteiger partial charge on any atom is -0.508 e. The zero-order valence-corrected chi connectivity index (χ0v) is 95.3. The Morgan fingerprint density at radius 3 is 0.680 bits per heavy atom. The maximum Gasteiger partial charge on any atom is 0.339 e. The molecule has 6 aromatic rings. The lowest BCUT2D eigenvalue weighted by Crippen LogP contribution is -2.07. The first-order chi connectivity index (χ1) is 69.7. The van der Waals surface area contributed by atoms with Gasteiger partial charge in [-0.05, 0) is 399 Å². The van der Waals surface area contributed by atoms with Crippen molar-refractivity contribution < 1.29 is 90.2 Å². The monoisotopic (exact) mass is 2030 g/mol. The van der Waals surface area contributed by atoms with E-state index < -0.39 is 17.9 Å². The van der Waals surface area contributed by atoms with Crippen molar-refractivity contribution in [2.75, 3.05) is 14.2 Å². The van der Waals surface area contributed by atoms with E-state index in [9.17, 15) is 80.8 Å². The van der Waals surface area contributed by atoms with Gasteiger partial charge in [-0.2, -0.15) is 0 Å². The van der Waals surface area contributed by atoms with Gasteiger partial charge in [0.05, 0.1) is 14.2 Å². The molecule has 18 heteroatoms. The molecule has 13 N–H and O–H groups in total. The highest BCUT2D eigenvalue weighted by Crippen LogP contribution is 2.42. The Balaban J connectivity index is 0.000000883. The fourth-order valence-corrected chi connectivity index (χ4v) is 16.6. The van der Waals surface area contributed by atoms with Crippen molar-refractivity contribution in [3.63, 3.8) is 0 Å². The van der Waals surface area contributed by atoms with Crippen molar-refractivity contribution in [2.24, 2.45) is 0 Å². The van der Waals surface area contributed by atoms with Crippen LogP contribution in [0.3, 0.4) is 0 Å². The lowest BCUT2D eigenvalue weighted by atomic mass is 9.94. The molecule has 0 aliphatic carbocycles. The number of aryl methyl sites for hydroxylation is 6. The minimum absolute atomic E-state index is 0.0116. The number of hydrogen-bond donors (Lipinski definition) is 13. The van der Waals surface area contributed by atoms with Gasteiger partial charge in [0, 0.05) is 33.4 Å². The lowest BCUT2D eigenvalue weighted by molar-refractivity contribution is 0.0680. The Morgan fingerprint density at radius 1 is 0.231 bits per heavy atom. The van der Waals surface area contributed by atoms with Gasteiger partial charge in [0.25, 0.3) is 0 Å². The fourth-order valence-electron chi connectivity index (χ4n) is 16.6. The van der Waals surface area contributed by atoms with Crippen LogP contribution in [0.15, 0.2) is 194 Å². The summed E-state index contributed by atoms with van der Waals surface area (Å²) in [5.41, 5.74) is 23.2. The molecule has 0 saturated carbocycles. The number of phenols is 10. The number of ether oxygens (including phenoxy) is 2. The number of rotatable bonds is 57. The number of carboxylic acids is 3. The molecule has 0 spiro atoms. The van der Waals surface area contributed by atoms with Crippen LogP contribution in [0, 0.1) is 0 Å². The zero-order chi connectivity index (χ0) is 111. The highest BCUT2D eigenvalue weighted by Gasteiger charge is 2.26. The van der Waals surface area contributed by atoms with Crippen molar-refractivity contribution in [1.29, 1.82) is 0 Å². The van der Waals surface area contributed by atoms with Gasteiger partial charge in [0.15, 0.2) is 0 Å². The normalized spacial score (nSPS) is 11.5. The van der Waals surface area contributed by atoms with Crippen molar-refractivity contribution in [3.05, 3.63) is 278 Å². The molecule has 0 aliphatic heterocycles. The number of aromatic hydroxyl groups is 10. The Labute approximate surface area is 886 Å². The third kappa shape index (κ3) is 55.2. The van der Waals surface area contributed by atoms with E-state index in [2.05, 4.69) is 213 Å². The molecular formula is C129H192O18. The standard InChI is InChI=1S/C23H34O4.2C22H32O4.C22H34O2.C21H32O2.C19H28O2/c1-6-7-8-12-18-15-20(27-5)19(22(24)21(18)23(25)26)14-13-17(4)11-9-10-16(2)3;2*1-5-6-7-11-17-14-19(23)18(21(24)20(17)22(25)26)13-12-16(4)10-8-9-15(2)3;1-6-7-8-12-19-15-21(23)20(22(16-19)24-5)14-13-18(4)11-9-10-17(2)3;1-5-6-7-11-18-14-20(22)19(21(23)15-18)13-12-17(4)10-8-9-16(2)3;1-5-7-16-12-18(20)17(19(21)13-16)11-10-15(4)9-6-8-14(2)3/h10,13,15,24H,6-9,11-12,14H2,1-5H3,(H,25,26);2*9,12,14,23-24H,5-8,10-11,13H2,1-4H3,(H,25,26);10,13,15-16,23H,6-9,11-12,14H2,1-5H3;9,12,14-15,22-23H,5-8,10-11,13H2,1-4H3;8,10,12-13,20-21H,5-7,9,11H2,1-4H3/b17-13+;16-12+;16-12-;18-13+;17-12+;15-10+. The highest BCUT2D eigenvalue weighted by atomic mass is 16.5. The van der Waals surface area contributed by atoms with E-state index in [1.165, 1.54) is 93.5 Å². The second-order valence-corrected chi connectivity index (χ2v) is 40.9. The smallest absolute Gasteiger partial charge is 0.339 e. The Kier molecular flexibility index (Phi) is 68.7. The first-order valence-electron chi connectivity index (χ1n) is 54.2. The average Bonchev–Trinajstić information content (AvgIpc) is 0.825. The summed E-state index contributed by atoms with van der Waals surface area (Å²) in [5, 5.41) is 132. The topological polar surface area (TPSA) is 333 Å². The molecule has 18 nitrogen and oxygen atoms in total. The summed E-state index contributed by atoms with van der Waals surface area (Å²) >= 11 is 0. The number of methoxy groups -OCH3 is 2. The number of carbonyl (C=O) groups is 3. The van der Waals surface area contributed by atoms with Gasteiger partial charge in [-0.3, -0.25) is 0 Å². The van der Waals surface area contributed by atoms with E-state index in [0.29, 0.717) is 103 Å². The average molecular weight is 2030 g/mol. The minimum atomic E-state index is -1.15. The number of allylic oxidation sites excluding steroid dienone is 24. The molecule has 0 saturated heterocycles. The van der Waals surface area contributed by atoms with E-state index in [1.54, 1.807) is 44.6 Å². The molecule has 0 atom stereocenters. The fraction of sp³-hybridized carbons (Fsp3) is 0.512. The van der Waals surface area contributed by atoms with Gasteiger partial charge in [-0.15, -0.1) is 0 Å². The molecule has 0 bridgehead atoms. The van der Waals surface area contributed by atoms with Gasteiger partial charge >= 0.3 is 17.9 Å². The van der Waals surface area contributed by atoms with Gasteiger partial charge in [0.2, 0.25) is 0 Å². The van der Waals surface area contributed by atoms with Crippen LogP contribution >= 0.6 is 0 Å². The summed E-state index contributed by atoms with van der Waals surface area (Å²) in [4.78, 5) is 35.0. The number of aromatic carboxylic acids is 3. The highest BCUT2D eigenvalue weighted by molar-refractivity contribution is 5.95. The summed E-state index contributed by atoms with van der Waals surface area (Å²) in [6, 6.07) is 15.9. The summed E-state index contributed by atoms with van der Waals surface area (Å²) < 4.78 is 11.0. The molecule has 0 heterocycles. The third-order valence-electron chi connectivity index (χ3n) is 25.5. The maximum atomic E-state index is 11.7. The summed E-state index contributed by atoms with van der Waals surface area (Å²) in [6.07, 6.45) is 61.5. The number of hydrogen-bond acceptors (Lipinski definition) is 15. The van der Waals surface area contributed by atoms with Crippen LogP contribution in [0.25, 0.3) is 0 Å². The largest absolute Gasteiger partial charge is 0.508 e. The molecule has 0 unspecified atom stereocenters. The predicted octanol–water partition coefficient (Wildman–Crippen LogP) is 35.3. The van der Waals surface area contributed by atoms with Crippen molar-refractivity contribution in [3.8, 4) is 69.0 Å². The van der Waals surface area contributed by atoms with Gasteiger partial charge in [-0.1, -0.05) is 252 Å². The maximum absolute atomic E-state index is 11.7. The van der Waals surface area contributed by atoms with Crippen LogP contribution in [-0.2, 0) is 77.0 Å². The number of unbranched alkanes of at least 4 members (excludes halogenated alkanes) is 10. The van der Waals surface area contributed by atoms with Crippen LogP contribution in [0.1, 0.15) is 444 Å². The molecule has 0 amide bonds. The van der Waals surface area contributed by atoms with E-state index in [1.807, 2.05) is 38.1 Å². The van der Waals surface area contributed by atoms with Crippen molar-refractivity contribution >= 4 is 17.9 Å². The van der Waals surface area contributed by atoms with E-state index in [-0.39, 0.29) is 79.6 Å². The molecule has 0 radical (unpaired) electrons. The quantitative estimate of drug-likeness (QED) is 0.0125. The number of phenolic OH excluding ortho intramolecular Hbond substituents is 7. The summed E-state index contributed by atoms with van der Waals surface area (Å²) in [6.45, 7) is 50.2. The molecule has 816 valence electrons. The van der Waals surface area contributed by atoms with Crippen LogP contribution in [0.4, 0.5) is 0 Å². The van der Waals surface area contributed by atoms with E-state index in [4.69, 9.17) is 9.47 Å². The lowest BCUT2D eigenvalue weighted by Gasteiger charge is -2.16. The van der Waals surface area contributed by atoms with Crippen LogP contribution in [0.5, 0.6) is 69.0 Å². The predicted molar refractivity (Wildman–Crippen MR) is 616 cm³/mol. The first-order valence-corrected chi connectivity index (χ1v) is 54.2. The number of carboxylic acid groups (broad SMARTS) is 3. The molecule has 6 rings (SSSR count). The van der Waals surface area contributed by atoms with E-state index in [0.717, 1.165) is 213 Å². The van der Waals surface area contributed by atoms with E-state index >= 15 is 0 Å². The Hall–Kier alpha value is -11.8. The SMILES string of the molecule is CCCCCc1cc(O)c(C/C=C(/C)CCC=C(C)C)c(O)c1C(=O)O.CCCCCc1cc(O)c(C/C=C(\C)CCC=C(C)C)c(O)c1.CCCCCc1cc(O)c(C/C=C(\C)CCC=C(C)C)c(O)c1C(=O)O.CCCCCc1cc(O)c(C/C=C(\C)CCC=C(C)C)c(OC)c1.CCCCCc1cc(OC)c(C/C=C(\C)CCC=C(C)C)c(O)c1C(=O)O.CCCc1cc(O)c(C/C=C(\C)CCC=C(C)C)c(O)c1. The van der Waals surface area contributed by atoms with Crippen LogP contribution < -0.4 is 9.47 Å². The molecule has 0 fully saturated rings. The second kappa shape index (κ2) is 75.8. The van der Waals surface area contributed by atoms with Crippen molar-refractivity contribution in [1.82, 2.24) is 0 Å². The van der Waals surface area contributed by atoms with Gasteiger partial charge in [0.1, 0.15) is 85.7 Å². The second-order valence-electron chi connectivity index (χ2n) is 40.9. The molecule has 0 aromatic heterocycles. The number of benzene rings is 6. The van der Waals surface area contributed by atoms with Crippen molar-refractivity contribution in [2.45, 2.75) is 423 Å². The van der Waals surface area contributed by atoms with Gasteiger partial charge < -0.3 is 75.9 Å². The van der Waals surface area contributed by atoms with Crippen LogP contribution in [0.2, 0.25) is 0 Å². The molecular weight excluding hydrogens is 1840 g/mol. The van der Waals surface area contributed by atoms with Gasteiger partial charge in [-0.25, -0.2) is 14.4 Å². The summed E-state index contributed by atoms with van der Waals surface area (Å²) in [7, 11) is 3.24. The first kappa shape index (κ1) is 133.